The minimum Gasteiger partial charge on any atom is -0.480 e. The van der Waals surface area contributed by atoms with Crippen LogP contribution < -0.4 is 5.32 Å². The number of hydrogen-bond acceptors (Lipinski definition) is 4. The molecule has 0 aliphatic rings. The Morgan fingerprint density at radius 1 is 1.44 bits per heavy atom. The molecular weight excluding hydrogens is 214 g/mol. The van der Waals surface area contributed by atoms with E-state index >= 15 is 0 Å². The van der Waals surface area contributed by atoms with E-state index < -0.39 is 18.1 Å². The van der Waals surface area contributed by atoms with Crippen molar-refractivity contribution < 1.29 is 24.5 Å². The van der Waals surface area contributed by atoms with Crippen LogP contribution in [0.5, 0.6) is 0 Å². The average Bonchev–Trinajstić information content (AvgIpc) is 2.25. The number of hydrogen-bond donors (Lipinski definition) is 3. The Hall–Kier alpha value is -1.56. The Morgan fingerprint density at radius 2 is 2.12 bits per heavy atom. The van der Waals surface area contributed by atoms with Gasteiger partial charge in [0.15, 0.2) is 0 Å². The van der Waals surface area contributed by atoms with Gasteiger partial charge in [0.05, 0.1) is 0 Å². The predicted molar refractivity (Wildman–Crippen MR) is 57.0 cm³/mol. The van der Waals surface area contributed by atoms with Crippen molar-refractivity contribution in [2.45, 2.75) is 25.3 Å². The number of nitrogens with one attached hydrogen (secondary N) is 1. The van der Waals surface area contributed by atoms with E-state index in [1.165, 1.54) is 6.08 Å². The Bertz CT molecular complexity index is 241. The number of carbonyl (C=O) groups excluding carboxylic acids is 1. The summed E-state index contributed by atoms with van der Waals surface area (Å²) in [7, 11) is 0. The number of carbonyl (C=O) groups is 2. The highest BCUT2D eigenvalue weighted by Crippen LogP contribution is 2.01. The van der Waals surface area contributed by atoms with Crippen LogP contribution in [0.4, 0.5) is 4.79 Å². The lowest BCUT2D eigenvalue weighted by Gasteiger charge is -2.13. The minimum absolute atomic E-state index is 0.00719. The first-order chi connectivity index (χ1) is 7.61. The molecule has 0 saturated heterocycles. The molecule has 0 rings (SSSR count). The van der Waals surface area contributed by atoms with Gasteiger partial charge in [0.1, 0.15) is 12.6 Å². The number of amides is 1. The summed E-state index contributed by atoms with van der Waals surface area (Å²) in [6.45, 7) is 3.40. The number of aliphatic carboxylic acids is 1. The molecule has 0 aromatic carbocycles. The van der Waals surface area contributed by atoms with Crippen LogP contribution in [0.3, 0.4) is 0 Å². The van der Waals surface area contributed by atoms with E-state index in [9.17, 15) is 9.59 Å². The van der Waals surface area contributed by atoms with Crippen molar-refractivity contribution in [1.29, 1.82) is 0 Å². The van der Waals surface area contributed by atoms with Gasteiger partial charge in [0.2, 0.25) is 0 Å². The first-order valence-electron chi connectivity index (χ1n) is 4.99. The van der Waals surface area contributed by atoms with E-state index in [1.807, 2.05) is 0 Å². The number of carboxylic acid groups (broad SMARTS) is 1. The highest BCUT2D eigenvalue weighted by molar-refractivity contribution is 5.79. The number of ether oxygens (including phenoxy) is 1. The van der Waals surface area contributed by atoms with E-state index in [0.717, 1.165) is 0 Å². The number of carboxylic acids is 1. The molecule has 0 aromatic heterocycles. The van der Waals surface area contributed by atoms with Gasteiger partial charge in [-0.1, -0.05) is 12.7 Å². The second-order valence-electron chi connectivity index (χ2n) is 3.14. The molecule has 0 radical (unpaired) electrons. The maximum absolute atomic E-state index is 11.1. The van der Waals surface area contributed by atoms with Crippen LogP contribution in [0.1, 0.15) is 19.3 Å². The molecule has 0 spiro atoms. The normalized spacial score (nSPS) is 11.6. The van der Waals surface area contributed by atoms with Crippen molar-refractivity contribution in [3.8, 4) is 0 Å². The summed E-state index contributed by atoms with van der Waals surface area (Å²) in [5.41, 5.74) is 0. The fourth-order valence-electron chi connectivity index (χ4n) is 1.04. The highest BCUT2D eigenvalue weighted by Gasteiger charge is 2.19. The lowest BCUT2D eigenvalue weighted by molar-refractivity contribution is -0.139. The summed E-state index contributed by atoms with van der Waals surface area (Å²) in [6, 6.07) is -0.983. The van der Waals surface area contributed by atoms with Crippen molar-refractivity contribution in [2.24, 2.45) is 0 Å². The molecule has 0 bridgehead atoms. The summed E-state index contributed by atoms with van der Waals surface area (Å²) in [5, 5.41) is 19.6. The second-order valence-corrected chi connectivity index (χ2v) is 3.14. The van der Waals surface area contributed by atoms with Gasteiger partial charge in [-0.05, 0) is 19.3 Å². The third-order valence-corrected chi connectivity index (χ3v) is 1.82. The zero-order chi connectivity index (χ0) is 12.4. The first kappa shape index (κ1) is 14.4. The summed E-state index contributed by atoms with van der Waals surface area (Å²) in [4.78, 5) is 21.8. The summed E-state index contributed by atoms with van der Waals surface area (Å²) < 4.78 is 4.60. The Morgan fingerprint density at radius 3 is 2.62 bits per heavy atom. The summed E-state index contributed by atoms with van der Waals surface area (Å²) in [5.74, 6) is -1.12. The smallest absolute Gasteiger partial charge is 0.408 e. The molecular formula is C10H17NO5. The molecule has 0 heterocycles. The molecule has 0 aliphatic heterocycles. The highest BCUT2D eigenvalue weighted by atomic mass is 16.5. The van der Waals surface area contributed by atoms with Gasteiger partial charge in [-0.2, -0.15) is 0 Å². The van der Waals surface area contributed by atoms with Gasteiger partial charge >= 0.3 is 12.1 Å². The van der Waals surface area contributed by atoms with Crippen molar-refractivity contribution in [3.05, 3.63) is 12.7 Å². The van der Waals surface area contributed by atoms with E-state index in [0.29, 0.717) is 12.8 Å². The zero-order valence-corrected chi connectivity index (χ0v) is 9.02. The molecule has 16 heavy (non-hydrogen) atoms. The lowest BCUT2D eigenvalue weighted by atomic mass is 10.1. The van der Waals surface area contributed by atoms with Gasteiger partial charge in [-0.3, -0.25) is 0 Å². The monoisotopic (exact) mass is 231 g/mol. The van der Waals surface area contributed by atoms with Crippen LogP contribution in [-0.4, -0.2) is 41.5 Å². The fourth-order valence-corrected chi connectivity index (χ4v) is 1.04. The van der Waals surface area contributed by atoms with Crippen LogP contribution in [0, 0.1) is 0 Å². The van der Waals surface area contributed by atoms with Gasteiger partial charge in [0.25, 0.3) is 0 Å². The third kappa shape index (κ3) is 6.83. The number of unbranched alkanes of at least 4 members (excludes halogenated alkanes) is 1. The molecule has 1 unspecified atom stereocenters. The maximum Gasteiger partial charge on any atom is 0.408 e. The number of alkyl carbamates (subject to hydrolysis) is 1. The maximum atomic E-state index is 11.1. The number of rotatable bonds is 8. The minimum atomic E-state index is -1.12. The Kier molecular flexibility index (Phi) is 7.87. The Labute approximate surface area is 93.9 Å². The zero-order valence-electron chi connectivity index (χ0n) is 9.02. The molecule has 6 nitrogen and oxygen atoms in total. The van der Waals surface area contributed by atoms with Crippen molar-refractivity contribution in [3.63, 3.8) is 0 Å². The lowest BCUT2D eigenvalue weighted by Crippen LogP contribution is -2.41. The molecule has 0 fully saturated rings. The topological polar surface area (TPSA) is 95.9 Å². The average molecular weight is 231 g/mol. The van der Waals surface area contributed by atoms with Gasteiger partial charge in [0, 0.05) is 6.61 Å². The van der Waals surface area contributed by atoms with E-state index in [-0.39, 0.29) is 19.6 Å². The van der Waals surface area contributed by atoms with E-state index in [1.54, 1.807) is 0 Å². The van der Waals surface area contributed by atoms with Crippen LogP contribution in [0.2, 0.25) is 0 Å². The molecule has 0 aliphatic carbocycles. The van der Waals surface area contributed by atoms with Crippen molar-refractivity contribution in [1.82, 2.24) is 5.32 Å². The predicted octanol–water partition coefficient (Wildman–Crippen LogP) is 0.514. The Balaban J connectivity index is 3.96. The molecule has 6 heteroatoms. The number of aliphatic hydroxyl groups is 1. The van der Waals surface area contributed by atoms with Gasteiger partial charge in [-0.25, -0.2) is 9.59 Å². The van der Waals surface area contributed by atoms with Crippen LogP contribution in [0.15, 0.2) is 12.7 Å². The standard InChI is InChI=1S/C10H17NO5/c1-2-7-16-10(15)11-8(9(13)14)5-3-4-6-12/h2,8,12H,1,3-7H2,(H,11,15)(H,13,14). The van der Waals surface area contributed by atoms with Crippen molar-refractivity contribution in [2.75, 3.05) is 13.2 Å². The quantitative estimate of drug-likeness (QED) is 0.418. The molecule has 3 N–H and O–H groups in total. The first-order valence-corrected chi connectivity index (χ1v) is 4.99. The number of aliphatic hydroxyl groups excluding tert-OH is 1. The largest absolute Gasteiger partial charge is 0.480 e. The molecule has 1 atom stereocenters. The molecule has 1 amide bonds. The van der Waals surface area contributed by atoms with Crippen LogP contribution in [0.25, 0.3) is 0 Å². The van der Waals surface area contributed by atoms with Crippen molar-refractivity contribution >= 4 is 12.1 Å². The SMILES string of the molecule is C=CCOC(=O)NC(CCCCO)C(=O)O. The molecule has 0 aromatic rings. The summed E-state index contributed by atoms with van der Waals surface area (Å²) >= 11 is 0. The van der Waals surface area contributed by atoms with Crippen LogP contribution in [-0.2, 0) is 9.53 Å². The second kappa shape index (κ2) is 8.72. The van der Waals surface area contributed by atoms with Crippen LogP contribution >= 0.6 is 0 Å². The van der Waals surface area contributed by atoms with E-state index in [2.05, 4.69) is 16.6 Å². The van der Waals surface area contributed by atoms with Gasteiger partial charge in [-0.15, -0.1) is 0 Å². The summed E-state index contributed by atoms with van der Waals surface area (Å²) in [6.07, 6.45) is 1.90. The molecule has 0 saturated carbocycles. The fraction of sp³-hybridized carbons (Fsp3) is 0.600. The third-order valence-electron chi connectivity index (χ3n) is 1.82. The molecule has 92 valence electrons. The van der Waals surface area contributed by atoms with E-state index in [4.69, 9.17) is 10.2 Å². The van der Waals surface area contributed by atoms with Gasteiger partial charge < -0.3 is 20.3 Å².